The number of pyridine rings is 1. The molecule has 0 aliphatic rings. The summed E-state index contributed by atoms with van der Waals surface area (Å²) in [6, 6.07) is 6.09. The summed E-state index contributed by atoms with van der Waals surface area (Å²) >= 11 is 0. The smallest absolute Gasteiger partial charge is 0.217 e. The van der Waals surface area contributed by atoms with Crippen molar-refractivity contribution in [2.24, 2.45) is 0 Å². The lowest BCUT2D eigenvalue weighted by Gasteiger charge is -1.98. The maximum absolute atomic E-state index is 9.22. The van der Waals surface area contributed by atoms with Crippen LogP contribution in [0.5, 0.6) is 0 Å². The highest BCUT2D eigenvalue weighted by molar-refractivity contribution is 7.80. The normalized spacial score (nSPS) is 11.1. The highest BCUT2D eigenvalue weighted by Gasteiger charge is 1.88. The molecule has 0 radical (unpaired) electrons. The molecule has 102 valence electrons. The minimum absolute atomic E-state index is 0.808. The summed E-state index contributed by atoms with van der Waals surface area (Å²) in [5.41, 5.74) is 0. The Labute approximate surface area is 109 Å². The van der Waals surface area contributed by atoms with Crippen LogP contribution < -0.4 is 4.57 Å². The maximum atomic E-state index is 9.22. The van der Waals surface area contributed by atoms with Gasteiger partial charge in [-0.3, -0.25) is 4.18 Å². The first-order valence-corrected chi connectivity index (χ1v) is 6.96. The molecular formula is C12H19NO4S. The number of unbranched alkanes of at least 4 members (excludes halogenated alkanes) is 2. The zero-order chi connectivity index (χ0) is 13.9. The van der Waals surface area contributed by atoms with E-state index < -0.39 is 10.4 Å². The number of nitrogens with zero attached hydrogens (tertiary/aromatic N) is 1. The van der Waals surface area contributed by atoms with Gasteiger partial charge in [0.1, 0.15) is 0 Å². The van der Waals surface area contributed by atoms with E-state index in [0.29, 0.717) is 0 Å². The van der Waals surface area contributed by atoms with Gasteiger partial charge in [-0.15, -0.1) is 0 Å². The van der Waals surface area contributed by atoms with Gasteiger partial charge in [-0.25, -0.2) is 8.42 Å². The van der Waals surface area contributed by atoms with Crippen LogP contribution in [-0.4, -0.2) is 20.1 Å². The molecule has 0 unspecified atom stereocenters. The number of aromatic nitrogens is 1. The summed E-state index contributed by atoms with van der Waals surface area (Å²) in [7, 11) is -3.60. The van der Waals surface area contributed by atoms with Crippen LogP contribution in [0.15, 0.2) is 36.7 Å². The molecule has 0 fully saturated rings. The second-order valence-corrected chi connectivity index (χ2v) is 4.57. The Morgan fingerprint density at radius 2 is 1.83 bits per heavy atom. The van der Waals surface area contributed by atoms with Crippen molar-refractivity contribution in [3.8, 4) is 0 Å². The van der Waals surface area contributed by atoms with Gasteiger partial charge in [-0.1, -0.05) is 19.4 Å². The fourth-order valence-electron chi connectivity index (χ4n) is 1.03. The predicted molar refractivity (Wildman–Crippen MR) is 68.2 cm³/mol. The summed E-state index contributed by atoms with van der Waals surface area (Å²) in [6.45, 7) is 2.21. The molecule has 0 N–H and O–H groups in total. The fraction of sp³-hybridized carbons (Fsp3) is 0.417. The number of hydrogen-bond donors (Lipinski definition) is 0. The largest absolute Gasteiger partial charge is 0.726 e. The van der Waals surface area contributed by atoms with Gasteiger partial charge in [0, 0.05) is 12.1 Å². The summed E-state index contributed by atoms with van der Waals surface area (Å²) < 4.78 is 33.1. The maximum Gasteiger partial charge on any atom is 0.217 e. The number of allylic oxidation sites excluding steroid dienone is 1. The Morgan fingerprint density at radius 1 is 1.28 bits per heavy atom. The lowest BCUT2D eigenvalue weighted by Crippen LogP contribution is -2.23. The lowest BCUT2D eigenvalue weighted by molar-refractivity contribution is -0.568. The molecule has 0 bridgehead atoms. The van der Waals surface area contributed by atoms with Crippen molar-refractivity contribution in [1.82, 2.24) is 0 Å². The van der Waals surface area contributed by atoms with Crippen LogP contribution in [0.1, 0.15) is 26.2 Å². The molecule has 0 aliphatic carbocycles. The molecule has 1 rings (SSSR count). The average Bonchev–Trinajstić information content (AvgIpc) is 2.36. The third kappa shape index (κ3) is 11.3. The van der Waals surface area contributed by atoms with Crippen LogP contribution in [0, 0.1) is 0 Å². The van der Waals surface area contributed by atoms with E-state index >= 15 is 0 Å². The Balaban J connectivity index is 0.000000411. The topological polar surface area (TPSA) is 70.3 Å². The standard InChI is InChI=1S/C11H16N.CH4O4S/c1-2-3-4-6-9-12-10-7-5-8-11-12;1-5-6(2,3)4/h5-11H,2-4H2,1H3;1H3,(H,2,3,4)/q+1;/p-1. The van der Waals surface area contributed by atoms with E-state index in [2.05, 4.69) is 27.9 Å². The molecule has 0 aromatic carbocycles. The van der Waals surface area contributed by atoms with E-state index in [0.717, 1.165) is 7.11 Å². The minimum atomic E-state index is -4.41. The molecule has 0 atom stereocenters. The van der Waals surface area contributed by atoms with E-state index in [9.17, 15) is 13.0 Å². The van der Waals surface area contributed by atoms with Crippen LogP contribution in [0.2, 0.25) is 0 Å². The van der Waals surface area contributed by atoms with Crippen molar-refractivity contribution in [2.45, 2.75) is 26.2 Å². The second-order valence-electron chi connectivity index (χ2n) is 3.42. The van der Waals surface area contributed by atoms with Gasteiger partial charge in [-0.2, -0.15) is 4.57 Å². The van der Waals surface area contributed by atoms with E-state index in [-0.39, 0.29) is 0 Å². The molecule has 0 aliphatic heterocycles. The lowest BCUT2D eigenvalue weighted by atomic mass is 10.2. The zero-order valence-corrected chi connectivity index (χ0v) is 11.5. The highest BCUT2D eigenvalue weighted by Crippen LogP contribution is 1.93. The molecule has 18 heavy (non-hydrogen) atoms. The Kier molecular flexibility index (Phi) is 9.08. The predicted octanol–water partition coefficient (Wildman–Crippen LogP) is 1.73. The molecule has 6 heteroatoms. The van der Waals surface area contributed by atoms with Gasteiger partial charge in [0.25, 0.3) is 0 Å². The Hall–Kier alpha value is -1.24. The third-order valence-corrected chi connectivity index (χ3v) is 2.35. The van der Waals surface area contributed by atoms with Crippen molar-refractivity contribution in [2.75, 3.05) is 7.11 Å². The molecular weight excluding hydrogens is 254 g/mol. The molecule has 0 saturated heterocycles. The van der Waals surface area contributed by atoms with Crippen molar-refractivity contribution < 1.29 is 21.7 Å². The van der Waals surface area contributed by atoms with Crippen LogP contribution in [0.3, 0.4) is 0 Å². The van der Waals surface area contributed by atoms with Crippen LogP contribution in [0.25, 0.3) is 6.20 Å². The van der Waals surface area contributed by atoms with Crippen LogP contribution in [0.4, 0.5) is 0 Å². The molecule has 0 saturated carbocycles. The van der Waals surface area contributed by atoms with E-state index in [1.54, 1.807) is 0 Å². The summed E-state index contributed by atoms with van der Waals surface area (Å²) in [6.07, 6.45) is 12.1. The number of hydrogen-bond acceptors (Lipinski definition) is 4. The molecule has 1 heterocycles. The zero-order valence-electron chi connectivity index (χ0n) is 10.7. The Bertz CT molecular complexity index is 429. The van der Waals surface area contributed by atoms with Gasteiger partial charge in [-0.05, 0) is 18.9 Å². The quantitative estimate of drug-likeness (QED) is 0.354. The molecule has 5 nitrogen and oxygen atoms in total. The molecule has 0 spiro atoms. The van der Waals surface area contributed by atoms with Gasteiger partial charge in [0.05, 0.1) is 7.11 Å². The minimum Gasteiger partial charge on any atom is -0.726 e. The SMILES string of the molecule is CCCCC=C[n+]1ccccc1.COS(=O)(=O)[O-]. The molecule has 1 aromatic rings. The first-order valence-electron chi connectivity index (χ1n) is 5.63. The summed E-state index contributed by atoms with van der Waals surface area (Å²) in [4.78, 5) is 0. The van der Waals surface area contributed by atoms with Gasteiger partial charge in [0.2, 0.25) is 10.4 Å². The fourth-order valence-corrected chi connectivity index (χ4v) is 1.03. The highest BCUT2D eigenvalue weighted by atomic mass is 32.3. The average molecular weight is 273 g/mol. The van der Waals surface area contributed by atoms with Crippen molar-refractivity contribution >= 4 is 16.6 Å². The molecule has 0 amide bonds. The summed E-state index contributed by atoms with van der Waals surface area (Å²) in [5, 5.41) is 0. The monoisotopic (exact) mass is 273 g/mol. The van der Waals surface area contributed by atoms with Crippen molar-refractivity contribution in [1.29, 1.82) is 0 Å². The molecule has 1 aromatic heterocycles. The van der Waals surface area contributed by atoms with E-state index in [1.165, 1.54) is 19.3 Å². The van der Waals surface area contributed by atoms with E-state index in [1.807, 2.05) is 30.6 Å². The third-order valence-electron chi connectivity index (χ3n) is 1.94. The van der Waals surface area contributed by atoms with Crippen molar-refractivity contribution in [3.05, 3.63) is 36.7 Å². The second kappa shape index (κ2) is 9.76. The van der Waals surface area contributed by atoms with E-state index in [4.69, 9.17) is 0 Å². The number of rotatable bonds is 5. The first-order chi connectivity index (χ1) is 8.49. The first kappa shape index (κ1) is 16.8. The van der Waals surface area contributed by atoms with Gasteiger partial charge < -0.3 is 4.55 Å². The van der Waals surface area contributed by atoms with Gasteiger partial charge >= 0.3 is 0 Å². The van der Waals surface area contributed by atoms with Crippen molar-refractivity contribution in [3.63, 3.8) is 0 Å². The van der Waals surface area contributed by atoms with Crippen LogP contribution >= 0.6 is 0 Å². The van der Waals surface area contributed by atoms with Gasteiger partial charge in [0.15, 0.2) is 18.6 Å². The van der Waals surface area contributed by atoms with Crippen LogP contribution in [-0.2, 0) is 14.6 Å². The summed E-state index contributed by atoms with van der Waals surface area (Å²) in [5.74, 6) is 0. The Morgan fingerprint density at radius 3 is 2.28 bits per heavy atom.